The number of piperazine rings is 1. The molecule has 2 saturated heterocycles. The van der Waals surface area contributed by atoms with Crippen LogP contribution in [-0.2, 0) is 9.59 Å². The van der Waals surface area contributed by atoms with Gasteiger partial charge in [-0.2, -0.15) is 0 Å². The highest BCUT2D eigenvalue weighted by Gasteiger charge is 2.63. The van der Waals surface area contributed by atoms with Crippen LogP contribution in [0.3, 0.4) is 0 Å². The second kappa shape index (κ2) is 7.34. The third kappa shape index (κ3) is 3.46. The lowest BCUT2D eigenvalue weighted by atomic mass is 9.82. The van der Waals surface area contributed by atoms with Crippen LogP contribution in [0.15, 0.2) is 0 Å². The van der Waals surface area contributed by atoms with Crippen LogP contribution in [0.25, 0.3) is 0 Å². The third-order valence-corrected chi connectivity index (χ3v) is 7.69. The van der Waals surface area contributed by atoms with Crippen LogP contribution in [-0.4, -0.2) is 69.4 Å². The first kappa shape index (κ1) is 19.7. The Bertz CT molecular complexity index is 610. The highest BCUT2D eigenvalue weighted by atomic mass is 35.5. The molecule has 3 unspecified atom stereocenters. The van der Waals surface area contributed by atoms with Gasteiger partial charge in [-0.15, -0.1) is 23.2 Å². The normalized spacial score (nSPS) is 40.4. The van der Waals surface area contributed by atoms with Crippen molar-refractivity contribution in [2.75, 3.05) is 13.1 Å². The summed E-state index contributed by atoms with van der Waals surface area (Å²) in [6.45, 7) is 2.45. The fraction of sp³-hybridized carbons (Fsp3) is 0.895. The molecule has 27 heavy (non-hydrogen) atoms. The van der Waals surface area contributed by atoms with E-state index < -0.39 is 17.9 Å². The number of rotatable bonds is 3. The zero-order valence-electron chi connectivity index (χ0n) is 15.7. The van der Waals surface area contributed by atoms with Crippen molar-refractivity contribution in [2.45, 2.75) is 86.5 Å². The van der Waals surface area contributed by atoms with Crippen LogP contribution >= 0.6 is 23.2 Å². The van der Waals surface area contributed by atoms with Crippen molar-refractivity contribution in [3.8, 4) is 0 Å². The molecule has 152 valence electrons. The van der Waals surface area contributed by atoms with Crippen LogP contribution in [0.4, 0.5) is 4.39 Å². The number of amides is 2. The molecule has 0 aromatic heterocycles. The molecule has 1 spiro atoms. The monoisotopic (exact) mass is 419 g/mol. The number of nitrogens with one attached hydrogen (secondary N) is 1. The number of carbonyl (C=O) groups is 2. The highest BCUT2D eigenvalue weighted by Crippen LogP contribution is 2.49. The second-order valence-electron chi connectivity index (χ2n) is 8.68. The SMILES string of the molecule is C[C@H](C1CCC(Cl)CC1)N1C(=O)CN(C2NCC(Cl)CC2F)C(=O)C12CC2. The molecule has 0 aromatic rings. The van der Waals surface area contributed by atoms with Crippen LogP contribution in [0.5, 0.6) is 0 Å². The molecule has 8 heteroatoms. The number of halogens is 3. The summed E-state index contributed by atoms with van der Waals surface area (Å²) >= 11 is 12.2. The lowest BCUT2D eigenvalue weighted by Gasteiger charge is -2.49. The van der Waals surface area contributed by atoms with E-state index in [4.69, 9.17) is 23.2 Å². The molecule has 4 aliphatic rings. The van der Waals surface area contributed by atoms with E-state index in [1.165, 1.54) is 4.90 Å². The predicted molar refractivity (Wildman–Crippen MR) is 103 cm³/mol. The maximum absolute atomic E-state index is 14.6. The predicted octanol–water partition coefficient (Wildman–Crippen LogP) is 2.64. The van der Waals surface area contributed by atoms with E-state index in [1.807, 2.05) is 4.90 Å². The first-order chi connectivity index (χ1) is 12.8. The van der Waals surface area contributed by atoms with Gasteiger partial charge in [-0.3, -0.25) is 14.9 Å². The molecule has 0 aromatic carbocycles. The fourth-order valence-electron chi connectivity index (χ4n) is 5.23. The van der Waals surface area contributed by atoms with Crippen LogP contribution in [0.1, 0.15) is 51.9 Å². The quantitative estimate of drug-likeness (QED) is 0.715. The van der Waals surface area contributed by atoms with Gasteiger partial charge in [0.1, 0.15) is 24.4 Å². The molecule has 2 amide bonds. The minimum absolute atomic E-state index is 0.0166. The fourth-order valence-corrected chi connectivity index (χ4v) is 5.74. The van der Waals surface area contributed by atoms with E-state index in [1.54, 1.807) is 0 Å². The van der Waals surface area contributed by atoms with Crippen LogP contribution in [0, 0.1) is 5.92 Å². The van der Waals surface area contributed by atoms with Gasteiger partial charge >= 0.3 is 0 Å². The number of nitrogens with zero attached hydrogens (tertiary/aromatic N) is 2. The van der Waals surface area contributed by atoms with Crippen molar-refractivity contribution in [3.63, 3.8) is 0 Å². The van der Waals surface area contributed by atoms with Gasteiger partial charge in [0.25, 0.3) is 0 Å². The zero-order chi connectivity index (χ0) is 19.3. The molecule has 0 radical (unpaired) electrons. The van der Waals surface area contributed by atoms with Gasteiger partial charge in [-0.05, 0) is 57.8 Å². The average molecular weight is 420 g/mol. The van der Waals surface area contributed by atoms with Crippen molar-refractivity contribution >= 4 is 35.0 Å². The molecule has 4 atom stereocenters. The van der Waals surface area contributed by atoms with Gasteiger partial charge in [0.2, 0.25) is 11.8 Å². The summed E-state index contributed by atoms with van der Waals surface area (Å²) in [6.07, 6.45) is 3.43. The molecule has 4 rings (SSSR count). The maximum Gasteiger partial charge on any atom is 0.250 e. The molecule has 2 saturated carbocycles. The van der Waals surface area contributed by atoms with Gasteiger partial charge in [-0.1, -0.05) is 0 Å². The maximum atomic E-state index is 14.6. The molecule has 2 aliphatic heterocycles. The number of hydrogen-bond donors (Lipinski definition) is 1. The van der Waals surface area contributed by atoms with Crippen LogP contribution < -0.4 is 5.32 Å². The Morgan fingerprint density at radius 2 is 1.81 bits per heavy atom. The molecule has 5 nitrogen and oxygen atoms in total. The van der Waals surface area contributed by atoms with Crippen molar-refractivity contribution in [1.29, 1.82) is 0 Å². The summed E-state index contributed by atoms with van der Waals surface area (Å²) in [7, 11) is 0. The summed E-state index contributed by atoms with van der Waals surface area (Å²) in [6, 6.07) is 0.0166. The van der Waals surface area contributed by atoms with Gasteiger partial charge in [0.15, 0.2) is 0 Å². The minimum atomic E-state index is -1.25. The Hall–Kier alpha value is -0.590. The largest absolute Gasteiger partial charge is 0.323 e. The molecular formula is C19H28Cl2FN3O2. The van der Waals surface area contributed by atoms with Crippen molar-refractivity contribution in [3.05, 3.63) is 0 Å². The first-order valence-electron chi connectivity index (χ1n) is 10.1. The summed E-state index contributed by atoms with van der Waals surface area (Å²) in [5, 5.41) is 2.97. The first-order valence-corrected chi connectivity index (χ1v) is 11.0. The van der Waals surface area contributed by atoms with Crippen molar-refractivity contribution in [1.82, 2.24) is 15.1 Å². The smallest absolute Gasteiger partial charge is 0.250 e. The summed E-state index contributed by atoms with van der Waals surface area (Å²) in [5.74, 6) is 0.210. The van der Waals surface area contributed by atoms with Crippen LogP contribution in [0.2, 0.25) is 0 Å². The number of alkyl halides is 3. The second-order valence-corrected chi connectivity index (χ2v) is 9.92. The summed E-state index contributed by atoms with van der Waals surface area (Å²) < 4.78 is 14.6. The summed E-state index contributed by atoms with van der Waals surface area (Å²) in [5.41, 5.74) is -0.758. The average Bonchev–Trinajstić information content (AvgIpc) is 3.40. The lowest BCUT2D eigenvalue weighted by molar-refractivity contribution is -0.167. The van der Waals surface area contributed by atoms with Gasteiger partial charge in [0, 0.05) is 23.3 Å². The van der Waals surface area contributed by atoms with E-state index in [0.29, 0.717) is 25.3 Å². The number of carbonyl (C=O) groups excluding carboxylic acids is 2. The van der Waals surface area contributed by atoms with Crippen molar-refractivity contribution < 1.29 is 14.0 Å². The Morgan fingerprint density at radius 3 is 2.41 bits per heavy atom. The lowest BCUT2D eigenvalue weighted by Crippen LogP contribution is -2.70. The molecule has 1 N–H and O–H groups in total. The highest BCUT2D eigenvalue weighted by molar-refractivity contribution is 6.21. The Balaban J connectivity index is 1.51. The van der Waals surface area contributed by atoms with E-state index in [-0.39, 0.29) is 41.6 Å². The molecule has 2 aliphatic carbocycles. The Morgan fingerprint density at radius 1 is 1.15 bits per heavy atom. The Labute approximate surface area is 169 Å². The van der Waals surface area contributed by atoms with Gasteiger partial charge in [-0.25, -0.2) is 4.39 Å². The third-order valence-electron chi connectivity index (χ3n) is 6.92. The van der Waals surface area contributed by atoms with E-state index in [9.17, 15) is 14.0 Å². The van der Waals surface area contributed by atoms with E-state index >= 15 is 0 Å². The molecule has 4 fully saturated rings. The topological polar surface area (TPSA) is 52.7 Å². The molecular weight excluding hydrogens is 392 g/mol. The van der Waals surface area contributed by atoms with Gasteiger partial charge < -0.3 is 9.80 Å². The van der Waals surface area contributed by atoms with E-state index in [0.717, 1.165) is 25.7 Å². The molecule has 2 heterocycles. The Kier molecular flexibility index (Phi) is 5.36. The number of piperidine rings is 1. The number of hydrogen-bond acceptors (Lipinski definition) is 3. The van der Waals surface area contributed by atoms with Crippen molar-refractivity contribution in [2.24, 2.45) is 5.92 Å². The minimum Gasteiger partial charge on any atom is -0.323 e. The summed E-state index contributed by atoms with van der Waals surface area (Å²) in [4.78, 5) is 29.7. The molecule has 0 bridgehead atoms. The zero-order valence-corrected chi connectivity index (χ0v) is 17.2. The van der Waals surface area contributed by atoms with E-state index in [2.05, 4.69) is 12.2 Å². The van der Waals surface area contributed by atoms with Gasteiger partial charge in [0.05, 0.1) is 0 Å². The standard InChI is InChI=1S/C19H28Cl2FN3O2/c1-11(12-2-4-13(20)5-3-12)25-16(26)10-24(18(27)19(25)6-7-19)17-15(22)8-14(21)9-23-17/h11-15,17,23H,2-10H2,1H3/t11-,12?,13?,14?,15?,17?/m1/s1.